The van der Waals surface area contributed by atoms with E-state index in [0.29, 0.717) is 12.5 Å². The van der Waals surface area contributed by atoms with Crippen molar-refractivity contribution in [3.63, 3.8) is 0 Å². The van der Waals surface area contributed by atoms with Crippen molar-refractivity contribution in [2.45, 2.75) is 45.6 Å². The Balaban J connectivity index is 2.38. The number of hydrogen-bond donors (Lipinski definition) is 1. The highest BCUT2D eigenvalue weighted by atomic mass is 16.6. The summed E-state index contributed by atoms with van der Waals surface area (Å²) in [6.07, 6.45) is 3.08. The number of hydrogen-bond acceptors (Lipinski definition) is 2. The Labute approximate surface area is 79.8 Å². The van der Waals surface area contributed by atoms with E-state index in [2.05, 4.69) is 19.2 Å². The number of nitrogens with one attached hydrogen (secondary N) is 1. The van der Waals surface area contributed by atoms with Gasteiger partial charge in [0.2, 0.25) is 0 Å². The molecule has 1 heterocycles. The van der Waals surface area contributed by atoms with Gasteiger partial charge in [0.15, 0.2) is 0 Å². The molecule has 2 unspecified atom stereocenters. The first-order valence-corrected chi connectivity index (χ1v) is 5.02. The summed E-state index contributed by atoms with van der Waals surface area (Å²) in [5.41, 5.74) is -0.272. The van der Waals surface area contributed by atoms with E-state index in [1.54, 1.807) is 0 Å². The summed E-state index contributed by atoms with van der Waals surface area (Å²) in [4.78, 5) is 10.9. The fourth-order valence-electron chi connectivity index (χ4n) is 2.00. The molecule has 0 saturated carbocycles. The van der Waals surface area contributed by atoms with Crippen molar-refractivity contribution >= 4 is 6.09 Å². The van der Waals surface area contributed by atoms with Crippen LogP contribution in [0.2, 0.25) is 0 Å². The van der Waals surface area contributed by atoms with Crippen LogP contribution >= 0.6 is 0 Å². The van der Waals surface area contributed by atoms with E-state index in [-0.39, 0.29) is 11.7 Å². The third-order valence-corrected chi connectivity index (χ3v) is 2.51. The molecule has 0 radical (unpaired) electrons. The summed E-state index contributed by atoms with van der Waals surface area (Å²) >= 11 is 0. The number of amides is 1. The molecule has 0 aromatic carbocycles. The van der Waals surface area contributed by atoms with Crippen LogP contribution in [0.25, 0.3) is 0 Å². The van der Waals surface area contributed by atoms with E-state index >= 15 is 0 Å². The summed E-state index contributed by atoms with van der Waals surface area (Å²) in [5.74, 6) is 0.627. The molecule has 1 rings (SSSR count). The highest BCUT2D eigenvalue weighted by molar-refractivity contribution is 5.70. The Bertz CT molecular complexity index is 193. The summed E-state index contributed by atoms with van der Waals surface area (Å²) in [6, 6.07) is 0. The molecule has 1 aliphatic rings. The normalized spacial score (nSPS) is 29.6. The van der Waals surface area contributed by atoms with Gasteiger partial charge < -0.3 is 10.1 Å². The van der Waals surface area contributed by atoms with E-state index in [1.165, 1.54) is 12.8 Å². The molecule has 3 nitrogen and oxygen atoms in total. The molecule has 3 heteroatoms. The number of rotatable bonds is 4. The lowest BCUT2D eigenvalue weighted by Gasteiger charge is -2.24. The second-order valence-electron chi connectivity index (χ2n) is 4.29. The Morgan fingerprint density at radius 2 is 2.38 bits per heavy atom. The van der Waals surface area contributed by atoms with Gasteiger partial charge in [0, 0.05) is 0 Å². The Kier molecular flexibility index (Phi) is 3.17. The van der Waals surface area contributed by atoms with Gasteiger partial charge >= 0.3 is 6.09 Å². The Morgan fingerprint density at radius 1 is 1.69 bits per heavy atom. The first-order valence-electron chi connectivity index (χ1n) is 5.02. The standard InChI is InChI=1S/C10H19NO2/c1-4-5-8(2)6-10(3)7-11-9(12)13-10/h8H,4-7H2,1-3H3,(H,11,12). The van der Waals surface area contributed by atoms with Crippen molar-refractivity contribution in [2.75, 3.05) is 6.54 Å². The van der Waals surface area contributed by atoms with E-state index < -0.39 is 0 Å². The third kappa shape index (κ3) is 2.90. The lowest BCUT2D eigenvalue weighted by atomic mass is 9.90. The van der Waals surface area contributed by atoms with Gasteiger partial charge in [0.1, 0.15) is 5.60 Å². The fraction of sp³-hybridized carbons (Fsp3) is 0.900. The molecule has 1 N–H and O–H groups in total. The van der Waals surface area contributed by atoms with Crippen LogP contribution in [0.3, 0.4) is 0 Å². The number of carbonyl (C=O) groups is 1. The SMILES string of the molecule is CCCC(C)CC1(C)CNC(=O)O1. The van der Waals surface area contributed by atoms with E-state index in [9.17, 15) is 4.79 Å². The summed E-state index contributed by atoms with van der Waals surface area (Å²) in [5, 5.41) is 2.70. The molecule has 13 heavy (non-hydrogen) atoms. The van der Waals surface area contributed by atoms with Crippen molar-refractivity contribution in [1.82, 2.24) is 5.32 Å². The van der Waals surface area contributed by atoms with Crippen molar-refractivity contribution in [2.24, 2.45) is 5.92 Å². The summed E-state index contributed by atoms with van der Waals surface area (Å²) in [6.45, 7) is 7.04. The van der Waals surface area contributed by atoms with E-state index in [0.717, 1.165) is 6.42 Å². The molecule has 0 aliphatic carbocycles. The molecule has 0 aromatic rings. The molecule has 1 fully saturated rings. The zero-order valence-corrected chi connectivity index (χ0v) is 8.72. The highest BCUT2D eigenvalue weighted by Crippen LogP contribution is 2.26. The topological polar surface area (TPSA) is 38.3 Å². The molecule has 1 amide bonds. The van der Waals surface area contributed by atoms with E-state index in [4.69, 9.17) is 4.74 Å². The van der Waals surface area contributed by atoms with Gasteiger partial charge in [0.05, 0.1) is 6.54 Å². The van der Waals surface area contributed by atoms with Crippen molar-refractivity contribution in [3.8, 4) is 0 Å². The highest BCUT2D eigenvalue weighted by Gasteiger charge is 2.36. The van der Waals surface area contributed by atoms with Gasteiger partial charge in [-0.25, -0.2) is 4.79 Å². The first-order chi connectivity index (χ1) is 6.06. The van der Waals surface area contributed by atoms with Gasteiger partial charge in [-0.15, -0.1) is 0 Å². The second kappa shape index (κ2) is 3.99. The molecule has 0 bridgehead atoms. The third-order valence-electron chi connectivity index (χ3n) is 2.51. The van der Waals surface area contributed by atoms with Crippen molar-refractivity contribution < 1.29 is 9.53 Å². The fourth-order valence-corrected chi connectivity index (χ4v) is 2.00. The maximum absolute atomic E-state index is 10.9. The van der Waals surface area contributed by atoms with Crippen LogP contribution < -0.4 is 5.32 Å². The molecular formula is C10H19NO2. The lowest BCUT2D eigenvalue weighted by molar-refractivity contribution is 0.0520. The minimum absolute atomic E-state index is 0.272. The van der Waals surface area contributed by atoms with Crippen LogP contribution in [0.4, 0.5) is 4.79 Å². The van der Waals surface area contributed by atoms with E-state index in [1.807, 2.05) is 6.92 Å². The van der Waals surface area contributed by atoms with Gasteiger partial charge in [-0.05, 0) is 19.3 Å². The zero-order valence-electron chi connectivity index (χ0n) is 8.72. The zero-order chi connectivity index (χ0) is 9.90. The van der Waals surface area contributed by atoms with Gasteiger partial charge in [-0.3, -0.25) is 0 Å². The lowest BCUT2D eigenvalue weighted by Crippen LogP contribution is -2.31. The number of cyclic esters (lactones) is 1. The van der Waals surface area contributed by atoms with Crippen LogP contribution in [0.5, 0.6) is 0 Å². The molecule has 0 spiro atoms. The Hall–Kier alpha value is -0.730. The summed E-state index contributed by atoms with van der Waals surface area (Å²) in [7, 11) is 0. The number of ether oxygens (including phenoxy) is 1. The average molecular weight is 185 g/mol. The quantitative estimate of drug-likeness (QED) is 0.730. The molecule has 2 atom stereocenters. The average Bonchev–Trinajstić information content (AvgIpc) is 2.30. The van der Waals surface area contributed by atoms with Crippen molar-refractivity contribution in [1.29, 1.82) is 0 Å². The molecular weight excluding hydrogens is 166 g/mol. The molecule has 1 aliphatic heterocycles. The second-order valence-corrected chi connectivity index (χ2v) is 4.29. The minimum atomic E-state index is -0.272. The first kappa shape index (κ1) is 10.4. The van der Waals surface area contributed by atoms with Crippen LogP contribution in [-0.4, -0.2) is 18.2 Å². The van der Waals surface area contributed by atoms with Gasteiger partial charge in [-0.2, -0.15) is 0 Å². The largest absolute Gasteiger partial charge is 0.441 e. The molecule has 76 valence electrons. The predicted molar refractivity (Wildman–Crippen MR) is 51.6 cm³/mol. The number of carbonyl (C=O) groups excluding carboxylic acids is 1. The number of alkyl carbamates (subject to hydrolysis) is 1. The monoisotopic (exact) mass is 185 g/mol. The molecule has 1 saturated heterocycles. The maximum atomic E-state index is 10.9. The maximum Gasteiger partial charge on any atom is 0.407 e. The Morgan fingerprint density at radius 3 is 2.85 bits per heavy atom. The summed E-state index contributed by atoms with van der Waals surface area (Å²) < 4.78 is 5.22. The molecule has 0 aromatic heterocycles. The van der Waals surface area contributed by atoms with Gasteiger partial charge in [-0.1, -0.05) is 26.7 Å². The smallest absolute Gasteiger partial charge is 0.407 e. The van der Waals surface area contributed by atoms with Crippen LogP contribution in [0.15, 0.2) is 0 Å². The predicted octanol–water partition coefficient (Wildman–Crippen LogP) is 2.31. The van der Waals surface area contributed by atoms with Crippen LogP contribution in [0.1, 0.15) is 40.0 Å². The van der Waals surface area contributed by atoms with Crippen LogP contribution in [-0.2, 0) is 4.74 Å². The van der Waals surface area contributed by atoms with Gasteiger partial charge in [0.25, 0.3) is 0 Å². The minimum Gasteiger partial charge on any atom is -0.441 e. The van der Waals surface area contributed by atoms with Crippen LogP contribution in [0, 0.1) is 5.92 Å². The van der Waals surface area contributed by atoms with Crippen molar-refractivity contribution in [3.05, 3.63) is 0 Å².